The molecule has 17 heavy (non-hydrogen) atoms. The predicted molar refractivity (Wildman–Crippen MR) is 70.1 cm³/mol. The molecule has 1 N–H and O–H groups in total. The van der Waals surface area contributed by atoms with Gasteiger partial charge in [-0.15, -0.1) is 6.42 Å². The first kappa shape index (κ1) is 13.7. The van der Waals surface area contributed by atoms with Gasteiger partial charge in [0.25, 0.3) is 0 Å². The standard InChI is InChI=1S/C15H20FN/c1-4-6-7-15(17-12(3)5-2)13-8-10-14(16)11-9-13/h2,8-12,15,17H,4,6-7H2,1,3H3. The number of rotatable bonds is 6. The van der Waals surface area contributed by atoms with E-state index in [1.54, 1.807) is 0 Å². The van der Waals surface area contributed by atoms with Crippen LogP contribution in [0.1, 0.15) is 44.7 Å². The number of hydrogen-bond donors (Lipinski definition) is 1. The molecule has 0 fully saturated rings. The Balaban J connectivity index is 2.74. The van der Waals surface area contributed by atoms with Crippen LogP contribution in [0.25, 0.3) is 0 Å². The van der Waals surface area contributed by atoms with E-state index < -0.39 is 0 Å². The molecule has 0 heterocycles. The summed E-state index contributed by atoms with van der Waals surface area (Å²) >= 11 is 0. The lowest BCUT2D eigenvalue weighted by Gasteiger charge is -2.21. The first-order chi connectivity index (χ1) is 8.17. The summed E-state index contributed by atoms with van der Waals surface area (Å²) in [7, 11) is 0. The maximum atomic E-state index is 12.9. The van der Waals surface area contributed by atoms with E-state index >= 15 is 0 Å². The molecular formula is C15H20FN. The second-order valence-electron chi connectivity index (χ2n) is 4.30. The Kier molecular flexibility index (Phi) is 5.72. The van der Waals surface area contributed by atoms with E-state index in [1.807, 2.05) is 19.1 Å². The Morgan fingerprint density at radius 2 is 2.00 bits per heavy atom. The zero-order valence-corrected chi connectivity index (χ0v) is 10.5. The molecule has 0 aromatic heterocycles. The summed E-state index contributed by atoms with van der Waals surface area (Å²) in [6, 6.07) is 6.88. The Morgan fingerprint density at radius 3 is 2.53 bits per heavy atom. The van der Waals surface area contributed by atoms with Gasteiger partial charge in [0.1, 0.15) is 5.82 Å². The van der Waals surface area contributed by atoms with Crippen LogP contribution in [0.2, 0.25) is 0 Å². The lowest BCUT2D eigenvalue weighted by Crippen LogP contribution is -2.29. The highest BCUT2D eigenvalue weighted by Crippen LogP contribution is 2.20. The van der Waals surface area contributed by atoms with Crippen LogP contribution in [0.4, 0.5) is 4.39 Å². The van der Waals surface area contributed by atoms with Crippen molar-refractivity contribution >= 4 is 0 Å². The van der Waals surface area contributed by atoms with Crippen molar-refractivity contribution in [2.45, 2.75) is 45.2 Å². The van der Waals surface area contributed by atoms with E-state index in [0.29, 0.717) is 0 Å². The van der Waals surface area contributed by atoms with E-state index in [9.17, 15) is 4.39 Å². The maximum absolute atomic E-state index is 12.9. The van der Waals surface area contributed by atoms with Gasteiger partial charge in [-0.25, -0.2) is 4.39 Å². The molecule has 0 amide bonds. The average molecular weight is 233 g/mol. The SMILES string of the molecule is C#CC(C)NC(CCCC)c1ccc(F)cc1. The molecule has 0 saturated carbocycles. The molecule has 0 spiro atoms. The highest BCUT2D eigenvalue weighted by molar-refractivity contribution is 5.20. The lowest BCUT2D eigenvalue weighted by molar-refractivity contribution is 0.464. The van der Waals surface area contributed by atoms with Crippen molar-refractivity contribution in [3.05, 3.63) is 35.6 Å². The minimum atomic E-state index is -0.201. The van der Waals surface area contributed by atoms with Gasteiger partial charge in [0.05, 0.1) is 6.04 Å². The quantitative estimate of drug-likeness (QED) is 0.739. The molecule has 0 aliphatic carbocycles. The minimum absolute atomic E-state index is 0.0295. The minimum Gasteiger partial charge on any atom is -0.297 e. The molecular weight excluding hydrogens is 213 g/mol. The summed E-state index contributed by atoms with van der Waals surface area (Å²) < 4.78 is 12.9. The van der Waals surface area contributed by atoms with E-state index in [2.05, 4.69) is 18.2 Å². The first-order valence-electron chi connectivity index (χ1n) is 6.15. The third-order valence-electron chi connectivity index (χ3n) is 2.82. The van der Waals surface area contributed by atoms with Gasteiger partial charge in [0.2, 0.25) is 0 Å². The number of terminal acetylenes is 1. The van der Waals surface area contributed by atoms with Crippen LogP contribution in [0.3, 0.4) is 0 Å². The topological polar surface area (TPSA) is 12.0 Å². The van der Waals surface area contributed by atoms with E-state index in [-0.39, 0.29) is 17.9 Å². The number of unbranched alkanes of at least 4 members (excludes halogenated alkanes) is 1. The zero-order chi connectivity index (χ0) is 12.7. The molecule has 2 atom stereocenters. The third-order valence-corrected chi connectivity index (χ3v) is 2.82. The molecule has 1 aromatic carbocycles. The molecule has 0 radical (unpaired) electrons. The summed E-state index contributed by atoms with van der Waals surface area (Å²) in [4.78, 5) is 0. The van der Waals surface area contributed by atoms with Crippen molar-refractivity contribution in [2.75, 3.05) is 0 Å². The van der Waals surface area contributed by atoms with Gasteiger partial charge >= 0.3 is 0 Å². The molecule has 0 aliphatic rings. The Hall–Kier alpha value is -1.33. The fourth-order valence-corrected chi connectivity index (χ4v) is 1.80. The van der Waals surface area contributed by atoms with Gasteiger partial charge in [0.15, 0.2) is 0 Å². The summed E-state index contributed by atoms with van der Waals surface area (Å²) in [5.41, 5.74) is 1.10. The fourth-order valence-electron chi connectivity index (χ4n) is 1.80. The summed E-state index contributed by atoms with van der Waals surface area (Å²) in [6.45, 7) is 4.12. The molecule has 0 bridgehead atoms. The highest BCUT2D eigenvalue weighted by Gasteiger charge is 2.12. The maximum Gasteiger partial charge on any atom is 0.123 e. The molecule has 1 aromatic rings. The lowest BCUT2D eigenvalue weighted by atomic mass is 10.0. The Morgan fingerprint density at radius 1 is 1.35 bits per heavy atom. The largest absolute Gasteiger partial charge is 0.297 e. The van der Waals surface area contributed by atoms with E-state index in [1.165, 1.54) is 12.1 Å². The van der Waals surface area contributed by atoms with Gasteiger partial charge in [-0.05, 0) is 31.0 Å². The van der Waals surface area contributed by atoms with Crippen LogP contribution >= 0.6 is 0 Å². The molecule has 2 heteroatoms. The van der Waals surface area contributed by atoms with Crippen LogP contribution in [0.5, 0.6) is 0 Å². The van der Waals surface area contributed by atoms with Crippen molar-refractivity contribution in [3.8, 4) is 12.3 Å². The highest BCUT2D eigenvalue weighted by atomic mass is 19.1. The van der Waals surface area contributed by atoms with Gasteiger partial charge in [-0.3, -0.25) is 5.32 Å². The van der Waals surface area contributed by atoms with Crippen LogP contribution in [0, 0.1) is 18.2 Å². The van der Waals surface area contributed by atoms with Gasteiger partial charge in [-0.1, -0.05) is 37.8 Å². The van der Waals surface area contributed by atoms with Gasteiger partial charge in [0, 0.05) is 6.04 Å². The third kappa shape index (κ3) is 4.58. The van der Waals surface area contributed by atoms with Crippen molar-refractivity contribution in [2.24, 2.45) is 0 Å². The van der Waals surface area contributed by atoms with Crippen LogP contribution < -0.4 is 5.32 Å². The molecule has 0 saturated heterocycles. The van der Waals surface area contributed by atoms with Crippen LogP contribution in [-0.2, 0) is 0 Å². The monoisotopic (exact) mass is 233 g/mol. The predicted octanol–water partition coefficient (Wildman–Crippen LogP) is 3.67. The first-order valence-corrected chi connectivity index (χ1v) is 6.15. The van der Waals surface area contributed by atoms with Crippen LogP contribution in [-0.4, -0.2) is 6.04 Å². The average Bonchev–Trinajstić information content (AvgIpc) is 2.35. The van der Waals surface area contributed by atoms with Crippen molar-refractivity contribution in [3.63, 3.8) is 0 Å². The van der Waals surface area contributed by atoms with Crippen molar-refractivity contribution < 1.29 is 4.39 Å². The summed E-state index contributed by atoms with van der Waals surface area (Å²) in [5, 5.41) is 3.38. The number of hydrogen-bond acceptors (Lipinski definition) is 1. The smallest absolute Gasteiger partial charge is 0.123 e. The van der Waals surface area contributed by atoms with Gasteiger partial charge in [-0.2, -0.15) is 0 Å². The van der Waals surface area contributed by atoms with E-state index in [0.717, 1.165) is 24.8 Å². The number of benzene rings is 1. The Labute approximate surface area is 103 Å². The zero-order valence-electron chi connectivity index (χ0n) is 10.5. The summed E-state index contributed by atoms with van der Waals surface area (Å²) in [6.07, 6.45) is 8.67. The van der Waals surface area contributed by atoms with Crippen LogP contribution in [0.15, 0.2) is 24.3 Å². The van der Waals surface area contributed by atoms with Gasteiger partial charge < -0.3 is 0 Å². The number of nitrogens with one attached hydrogen (secondary N) is 1. The Bertz CT molecular complexity index is 364. The normalized spacial score (nSPS) is 14.0. The van der Waals surface area contributed by atoms with E-state index in [4.69, 9.17) is 6.42 Å². The molecule has 2 unspecified atom stereocenters. The fraction of sp³-hybridized carbons (Fsp3) is 0.467. The molecule has 1 rings (SSSR count). The molecule has 1 nitrogen and oxygen atoms in total. The van der Waals surface area contributed by atoms with Crippen molar-refractivity contribution in [1.29, 1.82) is 0 Å². The second kappa shape index (κ2) is 7.09. The van der Waals surface area contributed by atoms with Crippen molar-refractivity contribution in [1.82, 2.24) is 5.32 Å². The number of halogens is 1. The molecule has 92 valence electrons. The molecule has 0 aliphatic heterocycles. The summed E-state index contributed by atoms with van der Waals surface area (Å²) in [5.74, 6) is 2.47. The second-order valence-corrected chi connectivity index (χ2v) is 4.30.